The van der Waals surface area contributed by atoms with Crippen molar-refractivity contribution in [3.63, 3.8) is 0 Å². The van der Waals surface area contributed by atoms with E-state index in [2.05, 4.69) is 9.80 Å². The molecule has 0 bridgehead atoms. The summed E-state index contributed by atoms with van der Waals surface area (Å²) in [6.45, 7) is 5.76. The zero-order valence-electron chi connectivity index (χ0n) is 20.9. The van der Waals surface area contributed by atoms with Gasteiger partial charge >= 0.3 is 0 Å². The number of aryl methyl sites for hydroxylation is 1. The molecule has 2 heterocycles. The number of ether oxygens (including phenoxy) is 2. The minimum absolute atomic E-state index is 0.169. The Bertz CT molecular complexity index is 1130. The van der Waals surface area contributed by atoms with Crippen LogP contribution in [0.5, 0.6) is 11.6 Å². The Morgan fingerprint density at radius 3 is 2.56 bits per heavy atom. The fourth-order valence-corrected chi connectivity index (χ4v) is 4.81. The van der Waals surface area contributed by atoms with Gasteiger partial charge in [0.2, 0.25) is 5.88 Å². The number of hydrogen-bond acceptors (Lipinski definition) is 6. The van der Waals surface area contributed by atoms with Gasteiger partial charge in [-0.05, 0) is 30.9 Å². The van der Waals surface area contributed by atoms with Gasteiger partial charge in [-0.25, -0.2) is 9.07 Å². The largest absolute Gasteiger partial charge is 0.436 e. The van der Waals surface area contributed by atoms with Crippen molar-refractivity contribution in [3.05, 3.63) is 66.0 Å². The highest BCUT2D eigenvalue weighted by atomic mass is 19.1. The lowest BCUT2D eigenvalue weighted by Gasteiger charge is -2.31. The molecule has 1 N–H and O–H groups in total. The first kappa shape index (κ1) is 24.9. The molecule has 0 spiro atoms. The third-order valence-electron chi connectivity index (χ3n) is 6.82. The lowest BCUT2D eigenvalue weighted by atomic mass is 10.1. The summed E-state index contributed by atoms with van der Waals surface area (Å²) < 4.78 is 27.8. The number of aromatic nitrogens is 2. The van der Waals surface area contributed by atoms with Crippen molar-refractivity contribution in [1.29, 1.82) is 0 Å². The molecule has 1 aromatic heterocycles. The summed E-state index contributed by atoms with van der Waals surface area (Å²) in [5.74, 6) is 0.917. The quantitative estimate of drug-likeness (QED) is 0.436. The highest BCUT2D eigenvalue weighted by molar-refractivity contribution is 5.65. The molecule has 192 valence electrons. The summed E-state index contributed by atoms with van der Waals surface area (Å²) in [6, 6.07) is 16.4. The summed E-state index contributed by atoms with van der Waals surface area (Å²) in [7, 11) is 1.82. The number of aliphatic hydroxyl groups excluding tert-OH is 1. The van der Waals surface area contributed by atoms with Gasteiger partial charge in [0.05, 0.1) is 24.9 Å². The molecule has 5 rings (SSSR count). The van der Waals surface area contributed by atoms with Crippen molar-refractivity contribution in [3.8, 4) is 22.9 Å². The van der Waals surface area contributed by atoms with Crippen LogP contribution >= 0.6 is 0 Å². The molecule has 1 atom stereocenters. The Morgan fingerprint density at radius 2 is 1.83 bits per heavy atom. The van der Waals surface area contributed by atoms with Crippen LogP contribution in [0.4, 0.5) is 4.39 Å². The van der Waals surface area contributed by atoms with Gasteiger partial charge in [0.25, 0.3) is 0 Å². The van der Waals surface area contributed by atoms with Crippen molar-refractivity contribution in [2.24, 2.45) is 13.0 Å². The maximum Gasteiger partial charge on any atom is 0.222 e. The van der Waals surface area contributed by atoms with E-state index in [4.69, 9.17) is 14.6 Å². The number of para-hydroxylation sites is 1. The fraction of sp³-hybridized carbons (Fsp3) is 0.464. The first-order valence-corrected chi connectivity index (χ1v) is 12.8. The predicted molar refractivity (Wildman–Crippen MR) is 136 cm³/mol. The van der Waals surface area contributed by atoms with E-state index < -0.39 is 11.9 Å². The van der Waals surface area contributed by atoms with Crippen LogP contribution in [0.15, 0.2) is 54.6 Å². The van der Waals surface area contributed by atoms with Crippen LogP contribution in [-0.4, -0.2) is 76.7 Å². The molecule has 1 saturated carbocycles. The summed E-state index contributed by atoms with van der Waals surface area (Å²) in [5.41, 5.74) is 2.69. The van der Waals surface area contributed by atoms with Crippen LogP contribution in [0.3, 0.4) is 0 Å². The van der Waals surface area contributed by atoms with Gasteiger partial charge < -0.3 is 14.6 Å². The highest BCUT2D eigenvalue weighted by Gasteiger charge is 2.29. The Hall–Kier alpha value is -2.78. The minimum atomic E-state index is -0.477. The zero-order valence-corrected chi connectivity index (χ0v) is 20.9. The van der Waals surface area contributed by atoms with E-state index in [9.17, 15) is 9.50 Å². The van der Waals surface area contributed by atoms with Crippen LogP contribution < -0.4 is 4.74 Å². The fourth-order valence-electron chi connectivity index (χ4n) is 4.81. The van der Waals surface area contributed by atoms with E-state index in [0.717, 1.165) is 36.5 Å². The SMILES string of the molecule is Cn1nc(-c2ccccc2)c(CN(CC2CC2)C[C@H](O)CN2CCOCC2)c1Oc1ccccc1F. The van der Waals surface area contributed by atoms with Gasteiger partial charge in [-0.2, -0.15) is 5.10 Å². The molecule has 2 aliphatic rings. The van der Waals surface area contributed by atoms with Gasteiger partial charge in [-0.1, -0.05) is 42.5 Å². The average Bonchev–Trinajstić information content (AvgIpc) is 3.65. The van der Waals surface area contributed by atoms with Crippen molar-refractivity contribution in [2.75, 3.05) is 45.9 Å². The van der Waals surface area contributed by atoms with E-state index in [1.54, 1.807) is 22.9 Å². The molecule has 8 heteroatoms. The maximum atomic E-state index is 14.5. The van der Waals surface area contributed by atoms with E-state index in [1.165, 1.54) is 18.9 Å². The lowest BCUT2D eigenvalue weighted by molar-refractivity contribution is 0.00587. The number of β-amino-alcohol motifs (C(OH)–C–C–N with tert-alkyl or cyclic N) is 1. The molecule has 0 unspecified atom stereocenters. The van der Waals surface area contributed by atoms with Gasteiger partial charge in [0.1, 0.15) is 5.69 Å². The third kappa shape index (κ3) is 6.31. The molecule has 36 heavy (non-hydrogen) atoms. The maximum absolute atomic E-state index is 14.5. The second-order valence-corrected chi connectivity index (χ2v) is 9.86. The molecule has 3 aromatic rings. The molecule has 1 saturated heterocycles. The number of aliphatic hydroxyl groups is 1. The van der Waals surface area contributed by atoms with Crippen molar-refractivity contribution in [1.82, 2.24) is 19.6 Å². The summed E-state index contributed by atoms with van der Waals surface area (Å²) in [4.78, 5) is 4.57. The molecule has 1 aliphatic carbocycles. The first-order chi connectivity index (χ1) is 17.6. The van der Waals surface area contributed by atoms with Crippen LogP contribution in [0, 0.1) is 11.7 Å². The topological polar surface area (TPSA) is 63.0 Å². The van der Waals surface area contributed by atoms with Crippen LogP contribution in [0.2, 0.25) is 0 Å². The molecule has 1 aliphatic heterocycles. The minimum Gasteiger partial charge on any atom is -0.436 e. The van der Waals surface area contributed by atoms with Gasteiger partial charge in [-0.3, -0.25) is 9.80 Å². The highest BCUT2D eigenvalue weighted by Crippen LogP contribution is 2.36. The Labute approximate surface area is 212 Å². The molecule has 7 nitrogen and oxygen atoms in total. The lowest BCUT2D eigenvalue weighted by Crippen LogP contribution is -2.44. The summed E-state index contributed by atoms with van der Waals surface area (Å²) in [5, 5.41) is 15.8. The number of halogens is 1. The zero-order chi connectivity index (χ0) is 24.9. The normalized spacial score (nSPS) is 17.4. The van der Waals surface area contributed by atoms with Crippen molar-refractivity contribution < 1.29 is 19.0 Å². The monoisotopic (exact) mass is 494 g/mol. The third-order valence-corrected chi connectivity index (χ3v) is 6.82. The van der Waals surface area contributed by atoms with E-state index >= 15 is 0 Å². The number of benzene rings is 2. The van der Waals surface area contributed by atoms with E-state index in [0.29, 0.717) is 44.6 Å². The molecule has 2 fully saturated rings. The summed E-state index contributed by atoms with van der Waals surface area (Å²) in [6.07, 6.45) is 1.95. The second-order valence-electron chi connectivity index (χ2n) is 9.86. The number of morpholine rings is 1. The number of nitrogens with zero attached hydrogens (tertiary/aromatic N) is 4. The first-order valence-electron chi connectivity index (χ1n) is 12.8. The number of hydrogen-bond donors (Lipinski definition) is 1. The molecular weight excluding hydrogens is 459 g/mol. The average molecular weight is 495 g/mol. The van der Waals surface area contributed by atoms with Crippen LogP contribution in [0.25, 0.3) is 11.3 Å². The van der Waals surface area contributed by atoms with Crippen molar-refractivity contribution >= 4 is 0 Å². The molecule has 0 amide bonds. The van der Waals surface area contributed by atoms with Crippen LogP contribution in [0.1, 0.15) is 18.4 Å². The predicted octanol–water partition coefficient (Wildman–Crippen LogP) is 3.92. The Kier molecular flexibility index (Phi) is 7.96. The standard InChI is InChI=1S/C28H35FN4O3/c1-31-28(36-26-10-6-5-9-25(26)29)24(27(30-31)22-7-3-2-4-8-22)20-33(17-21-11-12-21)19-23(34)18-32-13-15-35-16-14-32/h2-10,21,23,34H,11-20H2,1H3/t23-/m1/s1. The van der Waals surface area contributed by atoms with Crippen molar-refractivity contribution in [2.45, 2.75) is 25.5 Å². The molecule has 0 radical (unpaired) electrons. The molecular formula is C28H35FN4O3. The van der Waals surface area contributed by atoms with Gasteiger partial charge in [-0.15, -0.1) is 0 Å². The second kappa shape index (κ2) is 11.5. The Balaban J connectivity index is 1.42. The summed E-state index contributed by atoms with van der Waals surface area (Å²) >= 11 is 0. The van der Waals surface area contributed by atoms with Gasteiger partial charge in [0, 0.05) is 51.9 Å². The molecule has 2 aromatic carbocycles. The smallest absolute Gasteiger partial charge is 0.222 e. The van der Waals surface area contributed by atoms with Crippen LogP contribution in [-0.2, 0) is 18.3 Å². The van der Waals surface area contributed by atoms with E-state index in [1.807, 2.05) is 37.4 Å². The number of rotatable bonds is 11. The Morgan fingerprint density at radius 1 is 1.11 bits per heavy atom. The van der Waals surface area contributed by atoms with E-state index in [-0.39, 0.29) is 5.75 Å². The van der Waals surface area contributed by atoms with Gasteiger partial charge in [0.15, 0.2) is 11.6 Å².